The topological polar surface area (TPSA) is 45.6 Å². The van der Waals surface area contributed by atoms with Crippen LogP contribution < -0.4 is 0 Å². The Kier molecular flexibility index (Phi) is 10.0. The molecule has 0 fully saturated rings. The minimum atomic E-state index is 0.269. The average Bonchev–Trinajstić information content (AvgIpc) is 3.50. The van der Waals surface area contributed by atoms with Crippen LogP contribution >= 0.6 is 0 Å². The molecular weight excluding hydrogens is 518 g/mol. The van der Waals surface area contributed by atoms with Crippen LogP contribution in [-0.2, 0) is 22.7 Å². The van der Waals surface area contributed by atoms with Crippen molar-refractivity contribution < 1.29 is 9.59 Å². The summed E-state index contributed by atoms with van der Waals surface area (Å²) in [6, 6.07) is 28.4. The molecule has 3 aromatic carbocycles. The van der Waals surface area contributed by atoms with Gasteiger partial charge in [0.05, 0.1) is 6.54 Å². The quantitative estimate of drug-likeness (QED) is 0.102. The van der Waals surface area contributed by atoms with Gasteiger partial charge in [-0.1, -0.05) is 86.0 Å². The van der Waals surface area contributed by atoms with Gasteiger partial charge in [-0.2, -0.15) is 0 Å². The van der Waals surface area contributed by atoms with E-state index in [9.17, 15) is 9.59 Å². The summed E-state index contributed by atoms with van der Waals surface area (Å²) in [5.74, 6) is 0.944. The fourth-order valence-corrected chi connectivity index (χ4v) is 6.47. The number of rotatable bonds is 16. The number of benzene rings is 3. The molecule has 0 N–H and O–H groups in total. The van der Waals surface area contributed by atoms with E-state index in [1.807, 2.05) is 0 Å². The Labute approximate surface area is 251 Å². The number of Topliss-reactive ketones (excluding diaryl/α,β-unsaturated/α-hetero) is 2. The van der Waals surface area contributed by atoms with Gasteiger partial charge in [-0.25, -0.2) is 10.0 Å². The third kappa shape index (κ3) is 7.08. The number of aryl methyl sites for hydroxylation is 1. The van der Waals surface area contributed by atoms with E-state index in [1.165, 1.54) is 38.9 Å². The molecule has 0 saturated heterocycles. The summed E-state index contributed by atoms with van der Waals surface area (Å²) in [4.78, 5) is 23.9. The van der Waals surface area contributed by atoms with E-state index < -0.39 is 0 Å². The number of fused-ring (bicyclic) bond motifs is 4. The molecule has 0 unspecified atom stereocenters. The fraction of sp³-hybridized carbons (Fsp3) is 0.405. The van der Waals surface area contributed by atoms with Gasteiger partial charge in [-0.05, 0) is 59.5 Å². The number of nitrogens with zero attached hydrogens (tertiary/aromatic N) is 3. The minimum absolute atomic E-state index is 0.269. The number of hydrazine groups is 1. The first kappa shape index (κ1) is 29.9. The number of unbranched alkanes of at least 4 members (excludes halogenated alkanes) is 4. The van der Waals surface area contributed by atoms with Crippen molar-refractivity contribution >= 4 is 22.5 Å². The molecule has 0 atom stereocenters. The van der Waals surface area contributed by atoms with Gasteiger partial charge in [0.15, 0.2) is 0 Å². The normalized spacial score (nSPS) is 12.8. The highest BCUT2D eigenvalue weighted by molar-refractivity contribution is 5.82. The minimum Gasteiger partial charge on any atom is -0.343 e. The lowest BCUT2D eigenvalue weighted by molar-refractivity contribution is -0.119. The number of para-hydroxylation sites is 1. The molecule has 1 aromatic heterocycles. The average molecular weight is 564 g/mol. The van der Waals surface area contributed by atoms with E-state index in [1.54, 1.807) is 6.92 Å². The van der Waals surface area contributed by atoms with Crippen LogP contribution in [0.4, 0.5) is 0 Å². The van der Waals surface area contributed by atoms with Gasteiger partial charge in [0.1, 0.15) is 11.6 Å². The number of hydrogen-bond acceptors (Lipinski definition) is 4. The Morgan fingerprint density at radius 2 is 1.31 bits per heavy atom. The zero-order chi connectivity index (χ0) is 29.5. The second kappa shape index (κ2) is 14.1. The molecule has 5 rings (SSSR count). The van der Waals surface area contributed by atoms with Gasteiger partial charge in [0, 0.05) is 63.6 Å². The molecule has 0 amide bonds. The summed E-state index contributed by atoms with van der Waals surface area (Å²) in [5.41, 5.74) is 7.95. The Morgan fingerprint density at radius 3 is 2.00 bits per heavy atom. The van der Waals surface area contributed by atoms with Crippen molar-refractivity contribution in [1.82, 2.24) is 14.6 Å². The zero-order valence-corrected chi connectivity index (χ0v) is 25.5. The molecule has 4 aromatic rings. The van der Waals surface area contributed by atoms with E-state index in [2.05, 4.69) is 108 Å². The predicted molar refractivity (Wildman–Crippen MR) is 172 cm³/mol. The van der Waals surface area contributed by atoms with E-state index in [0.717, 1.165) is 45.2 Å². The predicted octanol–water partition coefficient (Wildman–Crippen LogP) is 8.01. The van der Waals surface area contributed by atoms with Crippen LogP contribution in [0.2, 0.25) is 0 Å². The summed E-state index contributed by atoms with van der Waals surface area (Å²) >= 11 is 0. The largest absolute Gasteiger partial charge is 0.343 e. The fourth-order valence-electron chi connectivity index (χ4n) is 6.47. The summed E-state index contributed by atoms with van der Waals surface area (Å²) in [7, 11) is 4.34. The molecular formula is C37H45N3O2. The lowest BCUT2D eigenvalue weighted by Crippen LogP contribution is -2.39. The monoisotopic (exact) mass is 563 g/mol. The first-order chi connectivity index (χ1) is 20.4. The van der Waals surface area contributed by atoms with E-state index in [4.69, 9.17) is 0 Å². The molecule has 0 spiro atoms. The van der Waals surface area contributed by atoms with Gasteiger partial charge in [-0.15, -0.1) is 0 Å². The Hall–Kier alpha value is -3.54. The molecule has 0 aliphatic heterocycles. The third-order valence-electron chi connectivity index (χ3n) is 8.88. The lowest BCUT2D eigenvalue weighted by atomic mass is 9.97. The number of aromatic nitrogens is 1. The Morgan fingerprint density at radius 1 is 0.714 bits per heavy atom. The highest BCUT2D eigenvalue weighted by Gasteiger charge is 2.29. The van der Waals surface area contributed by atoms with E-state index >= 15 is 0 Å². The molecule has 1 aliphatic carbocycles. The van der Waals surface area contributed by atoms with E-state index in [-0.39, 0.29) is 5.78 Å². The lowest BCUT2D eigenvalue weighted by Gasteiger charge is -2.31. The number of ketones is 2. The first-order valence-corrected chi connectivity index (χ1v) is 15.6. The Bertz CT molecular complexity index is 1470. The van der Waals surface area contributed by atoms with Gasteiger partial charge in [0.25, 0.3) is 0 Å². The van der Waals surface area contributed by atoms with E-state index in [0.29, 0.717) is 37.5 Å². The Balaban J connectivity index is 1.20. The van der Waals surface area contributed by atoms with Crippen LogP contribution in [0.3, 0.4) is 0 Å². The van der Waals surface area contributed by atoms with Crippen molar-refractivity contribution in [3.63, 3.8) is 0 Å². The molecule has 0 saturated carbocycles. The molecule has 220 valence electrons. The highest BCUT2D eigenvalue weighted by Crippen LogP contribution is 2.44. The second-order valence-electron chi connectivity index (χ2n) is 12.0. The molecule has 0 bridgehead atoms. The maximum absolute atomic E-state index is 12.8. The summed E-state index contributed by atoms with van der Waals surface area (Å²) < 4.78 is 2.35. The van der Waals surface area contributed by atoms with Crippen molar-refractivity contribution in [2.24, 2.45) is 0 Å². The van der Waals surface area contributed by atoms with Crippen LogP contribution in [-0.4, -0.2) is 46.8 Å². The first-order valence-electron chi connectivity index (χ1n) is 15.6. The second-order valence-corrected chi connectivity index (χ2v) is 12.0. The molecule has 5 heteroatoms. The van der Waals surface area contributed by atoms with Crippen LogP contribution in [0, 0.1) is 0 Å². The van der Waals surface area contributed by atoms with Crippen molar-refractivity contribution in [3.8, 4) is 11.1 Å². The van der Waals surface area contributed by atoms with Crippen molar-refractivity contribution in [2.45, 2.75) is 77.3 Å². The van der Waals surface area contributed by atoms with Crippen LogP contribution in [0.5, 0.6) is 0 Å². The maximum Gasteiger partial charge on any atom is 0.134 e. The highest BCUT2D eigenvalue weighted by atomic mass is 16.1. The van der Waals surface area contributed by atoms with Gasteiger partial charge < -0.3 is 9.36 Å². The summed E-state index contributed by atoms with van der Waals surface area (Å²) in [6.07, 6.45) is 7.04. The zero-order valence-electron chi connectivity index (χ0n) is 25.5. The molecule has 1 aliphatic rings. The van der Waals surface area contributed by atoms with Gasteiger partial charge >= 0.3 is 0 Å². The summed E-state index contributed by atoms with van der Waals surface area (Å²) in [5, 5.41) is 5.87. The summed E-state index contributed by atoms with van der Waals surface area (Å²) in [6.45, 7) is 4.04. The number of hydrogen-bond donors (Lipinski definition) is 0. The number of carbonyl (C=O) groups excluding carboxylic acids is 2. The smallest absolute Gasteiger partial charge is 0.134 e. The number of likely N-dealkylation sites (N-methyl/N-ethyl adjacent to an activating group) is 1. The molecule has 42 heavy (non-hydrogen) atoms. The molecule has 5 nitrogen and oxygen atoms in total. The molecule has 1 heterocycles. The SMILES string of the molecule is CC(=O)CCCCCCCC(=O)CCn1c(CN(C)N(C)CC2c3ccccc3-c3ccccc32)cc2ccccc21. The third-order valence-corrected chi connectivity index (χ3v) is 8.88. The van der Waals surface area contributed by atoms with Gasteiger partial charge in [0.2, 0.25) is 0 Å². The van der Waals surface area contributed by atoms with Crippen LogP contribution in [0.25, 0.3) is 22.0 Å². The van der Waals surface area contributed by atoms with Crippen molar-refractivity contribution in [3.05, 3.63) is 95.7 Å². The van der Waals surface area contributed by atoms with Crippen LogP contribution in [0.1, 0.15) is 81.0 Å². The maximum atomic E-state index is 12.8. The van der Waals surface area contributed by atoms with Crippen molar-refractivity contribution in [2.75, 3.05) is 20.6 Å². The van der Waals surface area contributed by atoms with Gasteiger partial charge in [-0.3, -0.25) is 4.79 Å². The van der Waals surface area contributed by atoms with Crippen molar-refractivity contribution in [1.29, 1.82) is 0 Å². The standard InChI is InChI=1S/C37H45N3O2/c1-28(41)15-7-5-4-6-8-17-31(42)23-24-40-30(25-29-16-9-14-22-37(29)40)26-38(2)39(3)27-36-34-20-12-10-18-32(34)33-19-11-13-21-35(33)36/h9-14,16,18-22,25,36H,4-8,15,17,23-24,26-27H2,1-3H3. The number of carbonyl (C=O) groups is 2. The molecule has 0 radical (unpaired) electrons. The van der Waals surface area contributed by atoms with Crippen LogP contribution in [0.15, 0.2) is 78.9 Å².